The van der Waals surface area contributed by atoms with Gasteiger partial charge in [0.25, 0.3) is 0 Å². The van der Waals surface area contributed by atoms with Gasteiger partial charge in [0, 0.05) is 5.02 Å². The molecule has 8 nitrogen and oxygen atoms in total. The van der Waals surface area contributed by atoms with E-state index in [0.29, 0.717) is 33.7 Å². The molecule has 0 aliphatic rings. The van der Waals surface area contributed by atoms with E-state index in [4.69, 9.17) is 21.3 Å². The number of anilines is 1. The zero-order valence-electron chi connectivity index (χ0n) is 12.7. The summed E-state index contributed by atoms with van der Waals surface area (Å²) in [5, 5.41) is 24.0. The van der Waals surface area contributed by atoms with E-state index in [1.807, 2.05) is 12.1 Å². The van der Waals surface area contributed by atoms with E-state index in [1.54, 1.807) is 24.5 Å². The molecule has 0 saturated heterocycles. The van der Waals surface area contributed by atoms with Gasteiger partial charge in [0.05, 0.1) is 23.3 Å². The second kappa shape index (κ2) is 7.83. The third-order valence-electron chi connectivity index (χ3n) is 3.09. The predicted octanol–water partition coefficient (Wildman–Crippen LogP) is 2.57. The number of halogens is 1. The first-order valence-corrected chi connectivity index (χ1v) is 8.43. The van der Waals surface area contributed by atoms with Crippen LogP contribution in [0.15, 0.2) is 46.2 Å². The largest absolute Gasteiger partial charge is 0.467 e. The summed E-state index contributed by atoms with van der Waals surface area (Å²) in [5.74, 6) is 0.489. The average Bonchev–Trinajstić information content (AvgIpc) is 3.26. The summed E-state index contributed by atoms with van der Waals surface area (Å²) in [6.45, 7) is 0.372. The second-order valence-electron chi connectivity index (χ2n) is 4.84. The van der Waals surface area contributed by atoms with Gasteiger partial charge in [0.15, 0.2) is 0 Å². The van der Waals surface area contributed by atoms with Crippen molar-refractivity contribution >= 4 is 35.0 Å². The summed E-state index contributed by atoms with van der Waals surface area (Å²) in [6, 6.07) is 10.3. The Labute approximate surface area is 151 Å². The van der Waals surface area contributed by atoms with Crippen molar-refractivity contribution in [2.45, 2.75) is 11.7 Å². The van der Waals surface area contributed by atoms with Crippen LogP contribution >= 0.6 is 23.4 Å². The molecule has 3 rings (SSSR count). The fourth-order valence-electron chi connectivity index (χ4n) is 1.98. The van der Waals surface area contributed by atoms with Gasteiger partial charge < -0.3 is 9.73 Å². The van der Waals surface area contributed by atoms with Crippen LogP contribution in [0.3, 0.4) is 0 Å². The Bertz CT molecular complexity index is 919. The van der Waals surface area contributed by atoms with Crippen molar-refractivity contribution < 1.29 is 9.21 Å². The van der Waals surface area contributed by atoms with Gasteiger partial charge in [-0.15, -0.1) is 5.10 Å². The summed E-state index contributed by atoms with van der Waals surface area (Å²) in [6.07, 6.45) is 1.57. The predicted molar refractivity (Wildman–Crippen MR) is 91.1 cm³/mol. The molecule has 0 radical (unpaired) electrons. The van der Waals surface area contributed by atoms with Crippen LogP contribution in [0.4, 0.5) is 5.69 Å². The molecule has 0 unspecified atom stereocenters. The highest BCUT2D eigenvalue weighted by atomic mass is 35.5. The zero-order chi connectivity index (χ0) is 17.6. The van der Waals surface area contributed by atoms with Crippen molar-refractivity contribution in [1.82, 2.24) is 20.2 Å². The summed E-state index contributed by atoms with van der Waals surface area (Å²) in [4.78, 5) is 12.1. The van der Waals surface area contributed by atoms with Gasteiger partial charge in [-0.25, -0.2) is 4.68 Å². The van der Waals surface area contributed by atoms with Crippen LogP contribution in [0.5, 0.6) is 0 Å². The Kier molecular flexibility index (Phi) is 5.33. The fraction of sp³-hybridized carbons (Fsp3) is 0.133. The smallest absolute Gasteiger partial charge is 0.234 e. The summed E-state index contributed by atoms with van der Waals surface area (Å²) < 4.78 is 6.79. The molecule has 25 heavy (non-hydrogen) atoms. The molecule has 1 N–H and O–H groups in total. The van der Waals surface area contributed by atoms with Crippen molar-refractivity contribution in [2.75, 3.05) is 11.1 Å². The normalized spacial score (nSPS) is 10.4. The second-order valence-corrected chi connectivity index (χ2v) is 6.22. The Hall–Kier alpha value is -2.83. The minimum atomic E-state index is -0.295. The van der Waals surface area contributed by atoms with Gasteiger partial charge in [-0.1, -0.05) is 23.4 Å². The molecule has 0 bridgehead atoms. The standard InChI is InChI=1S/C15H11ClN6O2S/c16-11-4-3-10(7-17)13(6-11)18-14(23)9-25-15-19-20-21-22(15)8-12-2-1-5-24-12/h1-6H,8-9H2,(H,18,23). The number of carbonyl (C=O) groups excluding carboxylic acids is 1. The Morgan fingerprint density at radius 2 is 2.32 bits per heavy atom. The molecule has 3 aromatic rings. The van der Waals surface area contributed by atoms with E-state index in [0.717, 1.165) is 0 Å². The van der Waals surface area contributed by atoms with Gasteiger partial charge >= 0.3 is 0 Å². The minimum absolute atomic E-state index is 0.0793. The van der Waals surface area contributed by atoms with Gasteiger partial charge in [-0.05, 0) is 40.8 Å². The number of amides is 1. The van der Waals surface area contributed by atoms with Crippen LogP contribution in [-0.4, -0.2) is 31.9 Å². The third-order valence-corrected chi connectivity index (χ3v) is 4.29. The Balaban J connectivity index is 1.61. The SMILES string of the molecule is N#Cc1ccc(Cl)cc1NC(=O)CSc1nnnn1Cc1ccco1. The Morgan fingerprint density at radius 1 is 1.44 bits per heavy atom. The minimum Gasteiger partial charge on any atom is -0.467 e. The number of rotatable bonds is 6. The maximum Gasteiger partial charge on any atom is 0.234 e. The molecular formula is C15H11ClN6O2S. The molecule has 0 fully saturated rings. The lowest BCUT2D eigenvalue weighted by Crippen LogP contribution is -2.15. The van der Waals surface area contributed by atoms with Crippen molar-refractivity contribution in [2.24, 2.45) is 0 Å². The highest BCUT2D eigenvalue weighted by Crippen LogP contribution is 2.21. The molecule has 2 heterocycles. The van der Waals surface area contributed by atoms with Gasteiger partial charge in [0.1, 0.15) is 18.4 Å². The maximum absolute atomic E-state index is 12.1. The van der Waals surface area contributed by atoms with Crippen molar-refractivity contribution in [1.29, 1.82) is 5.26 Å². The van der Waals surface area contributed by atoms with E-state index in [1.165, 1.54) is 22.5 Å². The van der Waals surface area contributed by atoms with E-state index in [2.05, 4.69) is 20.8 Å². The van der Waals surface area contributed by atoms with E-state index in [9.17, 15) is 4.79 Å². The van der Waals surface area contributed by atoms with E-state index in [-0.39, 0.29) is 11.7 Å². The summed E-state index contributed by atoms with van der Waals surface area (Å²) in [5.41, 5.74) is 0.709. The summed E-state index contributed by atoms with van der Waals surface area (Å²) in [7, 11) is 0. The summed E-state index contributed by atoms with van der Waals surface area (Å²) >= 11 is 7.08. The molecule has 0 aliphatic heterocycles. The molecule has 1 aromatic carbocycles. The molecule has 0 spiro atoms. The van der Waals surface area contributed by atoms with Crippen LogP contribution in [0.25, 0.3) is 0 Å². The average molecular weight is 375 g/mol. The topological polar surface area (TPSA) is 110 Å². The third kappa shape index (κ3) is 4.37. The first kappa shape index (κ1) is 17.0. The Morgan fingerprint density at radius 3 is 3.08 bits per heavy atom. The quantitative estimate of drug-likeness (QED) is 0.660. The number of hydrogen-bond donors (Lipinski definition) is 1. The van der Waals surface area contributed by atoms with Crippen LogP contribution in [0, 0.1) is 11.3 Å². The van der Waals surface area contributed by atoms with Gasteiger partial charge in [-0.3, -0.25) is 4.79 Å². The van der Waals surface area contributed by atoms with Crippen molar-refractivity contribution in [3.63, 3.8) is 0 Å². The number of hydrogen-bond acceptors (Lipinski definition) is 7. The first-order chi connectivity index (χ1) is 12.2. The number of nitriles is 1. The number of nitrogens with zero attached hydrogens (tertiary/aromatic N) is 5. The van der Waals surface area contributed by atoms with Crippen LogP contribution in [0.1, 0.15) is 11.3 Å². The van der Waals surface area contributed by atoms with E-state index < -0.39 is 0 Å². The number of benzene rings is 1. The highest BCUT2D eigenvalue weighted by molar-refractivity contribution is 7.99. The number of furan rings is 1. The molecule has 2 aromatic heterocycles. The lowest BCUT2D eigenvalue weighted by molar-refractivity contribution is -0.113. The van der Waals surface area contributed by atoms with Crippen molar-refractivity contribution in [3.8, 4) is 6.07 Å². The molecule has 126 valence electrons. The molecule has 0 saturated carbocycles. The van der Waals surface area contributed by atoms with Gasteiger partial charge in [0.2, 0.25) is 11.1 Å². The molecule has 0 atom stereocenters. The first-order valence-electron chi connectivity index (χ1n) is 7.06. The van der Waals surface area contributed by atoms with Crippen molar-refractivity contribution in [3.05, 3.63) is 52.9 Å². The zero-order valence-corrected chi connectivity index (χ0v) is 14.3. The monoisotopic (exact) mass is 374 g/mol. The number of aromatic nitrogens is 4. The number of nitrogens with one attached hydrogen (secondary N) is 1. The van der Waals surface area contributed by atoms with Gasteiger partial charge in [-0.2, -0.15) is 5.26 Å². The molecule has 10 heteroatoms. The highest BCUT2D eigenvalue weighted by Gasteiger charge is 2.13. The lowest BCUT2D eigenvalue weighted by atomic mass is 10.2. The molecular weight excluding hydrogens is 364 g/mol. The molecule has 1 amide bonds. The molecule has 0 aliphatic carbocycles. The maximum atomic E-state index is 12.1. The lowest BCUT2D eigenvalue weighted by Gasteiger charge is -2.07. The van der Waals surface area contributed by atoms with Crippen LogP contribution in [-0.2, 0) is 11.3 Å². The van der Waals surface area contributed by atoms with Crippen LogP contribution < -0.4 is 5.32 Å². The fourth-order valence-corrected chi connectivity index (χ4v) is 2.83. The number of carbonyl (C=O) groups is 1. The van der Waals surface area contributed by atoms with Crippen LogP contribution in [0.2, 0.25) is 5.02 Å². The number of thioether (sulfide) groups is 1. The number of tetrazole rings is 1. The van der Waals surface area contributed by atoms with E-state index >= 15 is 0 Å².